The maximum Gasteiger partial charge on any atom is 0.338 e. The van der Waals surface area contributed by atoms with Gasteiger partial charge in [-0.2, -0.15) is 0 Å². The molecule has 0 bridgehead atoms. The Balaban J connectivity index is 1.76. The Labute approximate surface area is 208 Å². The summed E-state index contributed by atoms with van der Waals surface area (Å²) >= 11 is 0. The van der Waals surface area contributed by atoms with Gasteiger partial charge in [-0.1, -0.05) is 66.7 Å². The number of ether oxygens (including phenoxy) is 1. The van der Waals surface area contributed by atoms with Gasteiger partial charge in [-0.25, -0.2) is 4.79 Å². The zero-order chi connectivity index (χ0) is 24.9. The maximum atomic E-state index is 13.8. The molecule has 0 saturated heterocycles. The molecule has 3 nitrogen and oxygen atoms in total. The average molecular weight is 482 g/mol. The molecule has 0 fully saturated rings. The third-order valence-electron chi connectivity index (χ3n) is 5.81. The van der Waals surface area contributed by atoms with E-state index in [1.165, 1.54) is 0 Å². The predicted molar refractivity (Wildman–Crippen MR) is 146 cm³/mol. The van der Waals surface area contributed by atoms with Gasteiger partial charge < -0.3 is 4.74 Å². The molecule has 35 heavy (non-hydrogen) atoms. The van der Waals surface area contributed by atoms with E-state index < -0.39 is 18.8 Å². The number of hydrogen-bond donors (Lipinski definition) is 0. The van der Waals surface area contributed by atoms with Gasteiger partial charge in [0.15, 0.2) is 0 Å². The van der Waals surface area contributed by atoms with Gasteiger partial charge in [0, 0.05) is 5.56 Å². The topological polar surface area (TPSA) is 43.4 Å². The van der Waals surface area contributed by atoms with E-state index in [0.717, 1.165) is 15.9 Å². The van der Waals surface area contributed by atoms with E-state index in [9.17, 15) is 9.59 Å². The molecular weight excluding hydrogens is 451 g/mol. The van der Waals surface area contributed by atoms with Crippen LogP contribution in [0.15, 0.2) is 115 Å². The second-order valence-corrected chi connectivity index (χ2v) is 13.0. The van der Waals surface area contributed by atoms with Crippen molar-refractivity contribution in [1.82, 2.24) is 0 Å². The molecule has 0 aliphatic heterocycles. The van der Waals surface area contributed by atoms with Crippen LogP contribution in [-0.2, 0) is 4.74 Å². The van der Waals surface area contributed by atoms with Gasteiger partial charge in [-0.05, 0) is 69.3 Å². The van der Waals surface area contributed by atoms with E-state index in [0.29, 0.717) is 17.3 Å². The second-order valence-electron chi connectivity index (χ2n) is 9.48. The molecule has 0 saturated carbocycles. The summed E-state index contributed by atoms with van der Waals surface area (Å²) in [6.07, 6.45) is 0.358. The highest BCUT2D eigenvalue weighted by Crippen LogP contribution is 2.55. The summed E-state index contributed by atoms with van der Waals surface area (Å²) < 4.78 is 5.46. The fourth-order valence-electron chi connectivity index (χ4n) is 4.20. The molecular formula is C31H30O3P+. The minimum atomic E-state index is -2.27. The largest absolute Gasteiger partial charge is 0.456 e. The number of Topliss-reactive ketones (excluding diaryl/α,β-unsaturated/α-hetero) is 1. The number of carbonyl (C=O) groups is 2. The normalized spacial score (nSPS) is 11.6. The molecule has 0 radical (unpaired) electrons. The summed E-state index contributed by atoms with van der Waals surface area (Å²) in [5, 5.41) is 3.49. The summed E-state index contributed by atoms with van der Waals surface area (Å²) in [5.41, 5.74) is 0.452. The van der Waals surface area contributed by atoms with E-state index in [4.69, 9.17) is 4.74 Å². The molecule has 0 aliphatic carbocycles. The zero-order valence-electron chi connectivity index (χ0n) is 20.3. The zero-order valence-corrected chi connectivity index (χ0v) is 21.2. The first-order valence-corrected chi connectivity index (χ1v) is 13.7. The lowest BCUT2D eigenvalue weighted by Gasteiger charge is -2.27. The molecule has 176 valence electrons. The first-order chi connectivity index (χ1) is 16.8. The smallest absolute Gasteiger partial charge is 0.338 e. The van der Waals surface area contributed by atoms with Gasteiger partial charge in [0.2, 0.25) is 5.78 Å². The molecule has 0 heterocycles. The van der Waals surface area contributed by atoms with E-state index in [2.05, 4.69) is 36.4 Å². The minimum Gasteiger partial charge on any atom is -0.456 e. The highest BCUT2D eigenvalue weighted by molar-refractivity contribution is 7.96. The van der Waals surface area contributed by atoms with Crippen LogP contribution in [0.1, 0.15) is 41.5 Å². The summed E-state index contributed by atoms with van der Waals surface area (Å²) in [6, 6.07) is 37.9. The molecule has 0 aliphatic rings. The van der Waals surface area contributed by atoms with Crippen LogP contribution >= 0.6 is 7.26 Å². The van der Waals surface area contributed by atoms with Crippen molar-refractivity contribution in [2.24, 2.45) is 0 Å². The van der Waals surface area contributed by atoms with E-state index in [1.807, 2.05) is 75.4 Å². The summed E-state index contributed by atoms with van der Waals surface area (Å²) in [4.78, 5) is 26.2. The Kier molecular flexibility index (Phi) is 7.28. The average Bonchev–Trinajstić information content (AvgIpc) is 2.88. The van der Waals surface area contributed by atoms with Crippen LogP contribution in [0.5, 0.6) is 0 Å². The Morgan fingerprint density at radius 2 is 0.971 bits per heavy atom. The summed E-state index contributed by atoms with van der Waals surface area (Å²) in [7, 11) is -2.27. The molecule has 4 heteroatoms. The molecule has 4 aromatic rings. The quantitative estimate of drug-likeness (QED) is 0.190. The summed E-state index contributed by atoms with van der Waals surface area (Å²) in [5.74, 6) is -0.346. The van der Waals surface area contributed by atoms with Crippen LogP contribution in [0.2, 0.25) is 0 Å². The number of esters is 1. The standard InChI is InChI=1S/C31H30O3P/c1-31(2,3)34-30(33)25-21-19-24(20-22-25)29(32)23-35(26-13-7-4-8-14-26,27-15-9-5-10-16-27)28-17-11-6-12-18-28/h4-22H,23H2,1-3H3/q+1. The van der Waals surface area contributed by atoms with Crippen molar-refractivity contribution in [2.75, 3.05) is 6.16 Å². The predicted octanol–water partition coefficient (Wildman–Crippen LogP) is 5.82. The molecule has 0 amide bonds. The third-order valence-corrected chi connectivity index (χ3v) is 10.1. The van der Waals surface area contributed by atoms with Crippen molar-refractivity contribution in [3.05, 3.63) is 126 Å². The van der Waals surface area contributed by atoms with Crippen molar-refractivity contribution in [3.8, 4) is 0 Å². The highest BCUT2D eigenvalue weighted by atomic mass is 31.2. The van der Waals surface area contributed by atoms with Crippen molar-refractivity contribution in [2.45, 2.75) is 26.4 Å². The fraction of sp³-hybridized carbons (Fsp3) is 0.161. The summed E-state index contributed by atoms with van der Waals surface area (Å²) in [6.45, 7) is 5.51. The van der Waals surface area contributed by atoms with Crippen molar-refractivity contribution >= 4 is 34.9 Å². The van der Waals surface area contributed by atoms with E-state index in [1.54, 1.807) is 24.3 Å². The van der Waals surface area contributed by atoms with Gasteiger partial charge >= 0.3 is 5.97 Å². The number of hydrogen-bond acceptors (Lipinski definition) is 3. The van der Waals surface area contributed by atoms with Crippen LogP contribution in [0, 0.1) is 0 Å². The van der Waals surface area contributed by atoms with Gasteiger partial charge in [0.25, 0.3) is 0 Å². The first kappa shape index (κ1) is 24.6. The van der Waals surface area contributed by atoms with Gasteiger partial charge in [0.05, 0.1) is 5.56 Å². The first-order valence-electron chi connectivity index (χ1n) is 11.7. The van der Waals surface area contributed by atoms with Gasteiger partial charge in [-0.3, -0.25) is 4.79 Å². The van der Waals surface area contributed by atoms with Crippen LogP contribution in [0.3, 0.4) is 0 Å². The van der Waals surface area contributed by atoms with Gasteiger partial charge in [-0.15, -0.1) is 0 Å². The Morgan fingerprint density at radius 3 is 1.34 bits per heavy atom. The molecule has 0 unspecified atom stereocenters. The minimum absolute atomic E-state index is 0.0469. The van der Waals surface area contributed by atoms with Crippen LogP contribution in [-0.4, -0.2) is 23.5 Å². The Hall–Kier alpha value is -3.55. The Bertz CT molecular complexity index is 1180. The molecule has 4 rings (SSSR count). The van der Waals surface area contributed by atoms with Gasteiger partial charge in [0.1, 0.15) is 34.9 Å². The fourth-order valence-corrected chi connectivity index (χ4v) is 8.30. The lowest BCUT2D eigenvalue weighted by molar-refractivity contribution is 0.00693. The molecule has 4 aromatic carbocycles. The molecule has 0 N–H and O–H groups in total. The third kappa shape index (κ3) is 5.58. The van der Waals surface area contributed by atoms with Crippen LogP contribution in [0.25, 0.3) is 0 Å². The second kappa shape index (κ2) is 10.4. The lowest BCUT2D eigenvalue weighted by Crippen LogP contribution is -2.35. The van der Waals surface area contributed by atoms with E-state index in [-0.39, 0.29) is 5.78 Å². The highest BCUT2D eigenvalue weighted by Gasteiger charge is 2.47. The monoisotopic (exact) mass is 481 g/mol. The number of carbonyl (C=O) groups excluding carboxylic acids is 2. The number of ketones is 1. The van der Waals surface area contributed by atoms with Crippen molar-refractivity contribution < 1.29 is 14.3 Å². The lowest BCUT2D eigenvalue weighted by atomic mass is 10.1. The molecule has 0 spiro atoms. The van der Waals surface area contributed by atoms with Crippen LogP contribution < -0.4 is 15.9 Å². The van der Waals surface area contributed by atoms with Crippen molar-refractivity contribution in [1.29, 1.82) is 0 Å². The Morgan fingerprint density at radius 1 is 0.600 bits per heavy atom. The van der Waals surface area contributed by atoms with Crippen LogP contribution in [0.4, 0.5) is 0 Å². The van der Waals surface area contributed by atoms with Crippen molar-refractivity contribution in [3.63, 3.8) is 0 Å². The number of rotatable bonds is 7. The van der Waals surface area contributed by atoms with E-state index >= 15 is 0 Å². The maximum absolute atomic E-state index is 13.8. The number of benzene rings is 4. The molecule has 0 atom stereocenters. The molecule has 0 aromatic heterocycles. The SMILES string of the molecule is CC(C)(C)OC(=O)c1ccc(C(=O)C[P+](c2ccccc2)(c2ccccc2)c2ccccc2)cc1.